The molecule has 0 aromatic carbocycles. The van der Waals surface area contributed by atoms with Crippen LogP contribution in [0.2, 0.25) is 0 Å². The maximum absolute atomic E-state index is 4.24. The maximum atomic E-state index is 4.24. The van der Waals surface area contributed by atoms with Crippen LogP contribution in [0.15, 0.2) is 24.8 Å². The van der Waals surface area contributed by atoms with E-state index in [2.05, 4.69) is 37.7 Å². The minimum Gasteiger partial charge on any atom is -0.361 e. The summed E-state index contributed by atoms with van der Waals surface area (Å²) in [5.74, 6) is 0. The van der Waals surface area contributed by atoms with Crippen molar-refractivity contribution in [3.05, 3.63) is 28.4 Å². The zero-order chi connectivity index (χ0) is 8.84. The summed E-state index contributed by atoms with van der Waals surface area (Å²) in [5.41, 5.74) is 1.45. The van der Waals surface area contributed by atoms with Gasteiger partial charge in [-0.25, -0.2) is 4.98 Å². The molecule has 0 atom stereocenters. The SMILES string of the molecule is Ic1cn2c3nccnc3[n-][n+]2c1. The molecule has 13 heavy (non-hydrogen) atoms. The summed E-state index contributed by atoms with van der Waals surface area (Å²) in [6.45, 7) is 0. The second-order valence-electron chi connectivity index (χ2n) is 2.61. The second kappa shape index (κ2) is 2.41. The lowest BCUT2D eigenvalue weighted by molar-refractivity contribution is -0.674. The van der Waals surface area contributed by atoms with Gasteiger partial charge in [0, 0.05) is 12.4 Å². The van der Waals surface area contributed by atoms with E-state index in [-0.39, 0.29) is 0 Å². The number of aromatic nitrogens is 5. The van der Waals surface area contributed by atoms with Crippen LogP contribution in [0.3, 0.4) is 0 Å². The molecule has 0 N–H and O–H groups in total. The van der Waals surface area contributed by atoms with Crippen molar-refractivity contribution in [1.82, 2.24) is 19.6 Å². The van der Waals surface area contributed by atoms with Gasteiger partial charge >= 0.3 is 0 Å². The fourth-order valence-electron chi connectivity index (χ4n) is 1.27. The van der Waals surface area contributed by atoms with Crippen molar-refractivity contribution >= 4 is 33.9 Å². The van der Waals surface area contributed by atoms with E-state index in [4.69, 9.17) is 0 Å². The first-order valence-electron chi connectivity index (χ1n) is 3.68. The third-order valence-corrected chi connectivity index (χ3v) is 2.34. The molecule has 0 saturated heterocycles. The van der Waals surface area contributed by atoms with E-state index in [1.807, 2.05) is 16.9 Å². The summed E-state index contributed by atoms with van der Waals surface area (Å²) in [4.78, 5) is 8.30. The van der Waals surface area contributed by atoms with Crippen molar-refractivity contribution in [3.8, 4) is 0 Å². The van der Waals surface area contributed by atoms with Crippen LogP contribution in [0.4, 0.5) is 0 Å². The summed E-state index contributed by atoms with van der Waals surface area (Å²) in [6.07, 6.45) is 7.19. The maximum Gasteiger partial charge on any atom is 0.216 e. The number of halogens is 1. The molecule has 0 unspecified atom stereocenters. The fourth-order valence-corrected chi connectivity index (χ4v) is 1.78. The number of hydrogen-bond donors (Lipinski definition) is 0. The predicted molar refractivity (Wildman–Crippen MR) is 52.2 cm³/mol. The Morgan fingerprint density at radius 2 is 2.23 bits per heavy atom. The van der Waals surface area contributed by atoms with Crippen LogP contribution in [0, 0.1) is 3.57 Å². The smallest absolute Gasteiger partial charge is 0.216 e. The molecule has 0 saturated carbocycles. The third-order valence-electron chi connectivity index (χ3n) is 1.78. The highest BCUT2D eigenvalue weighted by molar-refractivity contribution is 14.1. The predicted octanol–water partition coefficient (Wildman–Crippen LogP) is 0.0298. The molecule has 3 aromatic rings. The summed E-state index contributed by atoms with van der Waals surface area (Å²) in [5, 5.41) is 4.24. The van der Waals surface area contributed by atoms with Crippen molar-refractivity contribution in [3.63, 3.8) is 0 Å². The van der Waals surface area contributed by atoms with E-state index >= 15 is 0 Å². The van der Waals surface area contributed by atoms with Crippen molar-refractivity contribution in [2.75, 3.05) is 0 Å². The molecule has 3 rings (SSSR count). The van der Waals surface area contributed by atoms with Gasteiger partial charge in [-0.05, 0) is 28.8 Å². The molecule has 5 nitrogen and oxygen atoms in total. The van der Waals surface area contributed by atoms with Gasteiger partial charge in [0.15, 0.2) is 5.65 Å². The van der Waals surface area contributed by atoms with E-state index in [9.17, 15) is 0 Å². The first-order valence-corrected chi connectivity index (χ1v) is 4.76. The molecule has 0 bridgehead atoms. The Labute approximate surface area is 86.5 Å². The Morgan fingerprint density at radius 3 is 3.15 bits per heavy atom. The minimum absolute atomic E-state index is 0.666. The summed E-state index contributed by atoms with van der Waals surface area (Å²) in [6, 6.07) is 0. The Hall–Kier alpha value is -1.18. The number of nitrogens with zero attached hydrogens (tertiary/aromatic N) is 5. The van der Waals surface area contributed by atoms with Crippen LogP contribution in [0.25, 0.3) is 11.3 Å². The van der Waals surface area contributed by atoms with Crippen LogP contribution in [-0.2, 0) is 0 Å². The zero-order valence-electron chi connectivity index (χ0n) is 6.42. The van der Waals surface area contributed by atoms with Crippen LogP contribution >= 0.6 is 22.6 Å². The van der Waals surface area contributed by atoms with Crippen molar-refractivity contribution in [2.24, 2.45) is 0 Å². The van der Waals surface area contributed by atoms with E-state index in [1.165, 1.54) is 0 Å². The van der Waals surface area contributed by atoms with Gasteiger partial charge in [0.1, 0.15) is 5.65 Å². The highest BCUT2D eigenvalue weighted by Gasteiger charge is 2.06. The zero-order valence-corrected chi connectivity index (χ0v) is 8.58. The van der Waals surface area contributed by atoms with Crippen LogP contribution in [0.1, 0.15) is 0 Å². The molecule has 6 heteroatoms. The standard InChI is InChI=1S/C7H4IN5/c8-5-3-12-7-6(9-1-2-10-7)11-13(12)4-5/h1-4H. The topological polar surface area (TPSA) is 48.4 Å². The number of fused-ring (bicyclic) bond motifs is 3. The highest BCUT2D eigenvalue weighted by atomic mass is 127. The molecule has 0 spiro atoms. The molecule has 64 valence electrons. The van der Waals surface area contributed by atoms with Crippen molar-refractivity contribution in [2.45, 2.75) is 0 Å². The van der Waals surface area contributed by atoms with Crippen LogP contribution < -0.4 is 9.73 Å². The summed E-state index contributed by atoms with van der Waals surface area (Å²) < 4.78 is 4.72. The van der Waals surface area contributed by atoms with E-state index in [1.54, 1.807) is 17.0 Å². The molecular formula is C7H4IN5. The lowest BCUT2D eigenvalue weighted by atomic mass is 10.6. The van der Waals surface area contributed by atoms with Gasteiger partial charge in [-0.2, -0.15) is 4.52 Å². The Balaban J connectivity index is 2.60. The average molecular weight is 285 g/mol. The largest absolute Gasteiger partial charge is 0.361 e. The Morgan fingerprint density at radius 1 is 1.38 bits per heavy atom. The van der Waals surface area contributed by atoms with Gasteiger partial charge in [0.05, 0.1) is 3.57 Å². The Bertz CT molecular complexity index is 581. The van der Waals surface area contributed by atoms with Gasteiger partial charge in [-0.15, -0.1) is 5.10 Å². The van der Waals surface area contributed by atoms with E-state index in [0.29, 0.717) is 5.65 Å². The lowest BCUT2D eigenvalue weighted by Gasteiger charge is -1.87. The highest BCUT2D eigenvalue weighted by Crippen LogP contribution is 2.04. The summed E-state index contributed by atoms with van der Waals surface area (Å²) in [7, 11) is 0. The van der Waals surface area contributed by atoms with Gasteiger partial charge < -0.3 is 4.98 Å². The quantitative estimate of drug-likeness (QED) is 0.432. The second-order valence-corrected chi connectivity index (χ2v) is 3.86. The summed E-state index contributed by atoms with van der Waals surface area (Å²) >= 11 is 2.23. The number of hydrogen-bond acceptors (Lipinski definition) is 2. The van der Waals surface area contributed by atoms with E-state index in [0.717, 1.165) is 9.22 Å². The third kappa shape index (κ3) is 0.947. The van der Waals surface area contributed by atoms with Gasteiger partial charge in [0.2, 0.25) is 6.20 Å². The van der Waals surface area contributed by atoms with Gasteiger partial charge in [-0.3, -0.25) is 0 Å². The van der Waals surface area contributed by atoms with Gasteiger partial charge in [-0.1, -0.05) is 4.63 Å². The van der Waals surface area contributed by atoms with Crippen molar-refractivity contribution in [1.29, 1.82) is 0 Å². The Kier molecular flexibility index (Phi) is 1.34. The van der Waals surface area contributed by atoms with Crippen molar-refractivity contribution < 1.29 is 4.63 Å². The molecule has 3 heterocycles. The fraction of sp³-hybridized carbons (Fsp3) is 0. The molecule has 0 radical (unpaired) electrons. The monoisotopic (exact) mass is 285 g/mol. The number of rotatable bonds is 0. The average Bonchev–Trinajstić information content (AvgIpc) is 2.60. The molecule has 0 fully saturated rings. The first-order chi connectivity index (χ1) is 6.34. The van der Waals surface area contributed by atoms with Crippen LogP contribution in [-0.4, -0.2) is 14.5 Å². The molecule has 0 aliphatic carbocycles. The minimum atomic E-state index is 0.666. The normalized spacial score (nSPS) is 11.5. The lowest BCUT2D eigenvalue weighted by Crippen LogP contribution is -2.28. The van der Waals surface area contributed by atoms with Gasteiger partial charge in [0.25, 0.3) is 0 Å². The molecule has 0 amide bonds. The first kappa shape index (κ1) is 7.25. The van der Waals surface area contributed by atoms with Crippen LogP contribution in [0.5, 0.6) is 0 Å². The molecular weight excluding hydrogens is 281 g/mol. The molecule has 0 aliphatic heterocycles. The molecule has 3 aromatic heterocycles. The van der Waals surface area contributed by atoms with E-state index < -0.39 is 0 Å². The molecule has 0 aliphatic rings.